The molecule has 0 aromatic rings. The summed E-state index contributed by atoms with van der Waals surface area (Å²) in [7, 11) is 1.34. The Morgan fingerprint density at radius 1 is 1.43 bits per heavy atom. The lowest BCUT2D eigenvalue weighted by molar-refractivity contribution is -0.141. The number of carbonyl (C=O) groups excluding carboxylic acids is 2. The van der Waals surface area contributed by atoms with Gasteiger partial charge in [0, 0.05) is 12.6 Å². The lowest BCUT2D eigenvalue weighted by atomic mass is 10.3. The number of rotatable bonds is 6. The van der Waals surface area contributed by atoms with E-state index in [9.17, 15) is 9.59 Å². The molecule has 14 heavy (non-hydrogen) atoms. The fourth-order valence-corrected chi connectivity index (χ4v) is 1.06. The minimum atomic E-state index is -0.386. The fraction of sp³-hybridized carbons (Fsp3) is 0.778. The molecule has 0 atom stereocenters. The van der Waals surface area contributed by atoms with Gasteiger partial charge in [0.15, 0.2) is 0 Å². The predicted octanol–water partition coefficient (Wildman–Crippen LogP) is -0.255. The maximum Gasteiger partial charge on any atom is 0.306 e. The summed E-state index contributed by atoms with van der Waals surface area (Å²) < 4.78 is 4.50. The van der Waals surface area contributed by atoms with Gasteiger partial charge in [0.05, 0.1) is 20.1 Å². The minimum absolute atomic E-state index is 0.175. The smallest absolute Gasteiger partial charge is 0.306 e. The molecule has 0 radical (unpaired) electrons. The molecule has 82 valence electrons. The van der Waals surface area contributed by atoms with Crippen molar-refractivity contribution in [3.8, 4) is 0 Å². The summed E-state index contributed by atoms with van der Waals surface area (Å²) in [5, 5.41) is 0. The monoisotopic (exact) mass is 202 g/mol. The van der Waals surface area contributed by atoms with Gasteiger partial charge in [-0.2, -0.15) is 0 Å². The van der Waals surface area contributed by atoms with Gasteiger partial charge in [0.25, 0.3) is 0 Å². The van der Waals surface area contributed by atoms with Crippen LogP contribution in [0.5, 0.6) is 0 Å². The van der Waals surface area contributed by atoms with Crippen molar-refractivity contribution in [3.05, 3.63) is 0 Å². The quantitative estimate of drug-likeness (QED) is 0.602. The zero-order chi connectivity index (χ0) is 11.1. The number of esters is 1. The molecule has 0 spiro atoms. The molecule has 0 aliphatic carbocycles. The second kappa shape index (κ2) is 6.37. The first-order valence-electron chi connectivity index (χ1n) is 4.56. The molecule has 5 nitrogen and oxygen atoms in total. The molecule has 0 rings (SSSR count). The van der Waals surface area contributed by atoms with Gasteiger partial charge in [0.2, 0.25) is 5.91 Å². The Morgan fingerprint density at radius 2 is 2.00 bits per heavy atom. The van der Waals surface area contributed by atoms with Crippen LogP contribution in [-0.4, -0.2) is 43.0 Å². The lowest BCUT2D eigenvalue weighted by Gasteiger charge is -2.24. The molecule has 0 aliphatic heterocycles. The summed E-state index contributed by atoms with van der Waals surface area (Å²) in [6, 6.07) is 0.187. The zero-order valence-electron chi connectivity index (χ0n) is 8.95. The van der Waals surface area contributed by atoms with Crippen LogP contribution >= 0.6 is 0 Å². The third-order valence-electron chi connectivity index (χ3n) is 1.92. The van der Waals surface area contributed by atoms with Crippen LogP contribution in [0, 0.1) is 0 Å². The van der Waals surface area contributed by atoms with Gasteiger partial charge < -0.3 is 10.5 Å². The number of nitrogens with zero attached hydrogens (tertiary/aromatic N) is 1. The number of hydrogen-bond donors (Lipinski definition) is 1. The van der Waals surface area contributed by atoms with E-state index < -0.39 is 0 Å². The van der Waals surface area contributed by atoms with Crippen molar-refractivity contribution in [3.63, 3.8) is 0 Å². The van der Waals surface area contributed by atoms with E-state index in [1.807, 2.05) is 18.7 Å². The zero-order valence-corrected chi connectivity index (χ0v) is 8.95. The molecule has 1 amide bonds. The van der Waals surface area contributed by atoms with Crippen LogP contribution in [-0.2, 0) is 14.3 Å². The molecule has 0 saturated heterocycles. The summed E-state index contributed by atoms with van der Waals surface area (Å²) >= 11 is 0. The van der Waals surface area contributed by atoms with Gasteiger partial charge in [-0.05, 0) is 13.8 Å². The Balaban J connectivity index is 3.97. The number of methoxy groups -OCH3 is 1. The molecule has 5 heteroatoms. The van der Waals surface area contributed by atoms with Gasteiger partial charge in [-0.3, -0.25) is 14.5 Å². The Bertz CT molecular complexity index is 204. The van der Waals surface area contributed by atoms with Crippen molar-refractivity contribution in [2.75, 3.05) is 20.2 Å². The molecule has 0 saturated carbocycles. The molecule has 0 heterocycles. The van der Waals surface area contributed by atoms with Crippen molar-refractivity contribution >= 4 is 11.9 Å². The first kappa shape index (κ1) is 12.9. The highest BCUT2D eigenvalue weighted by Gasteiger charge is 2.13. The minimum Gasteiger partial charge on any atom is -0.469 e. The summed E-state index contributed by atoms with van der Waals surface area (Å²) in [5.41, 5.74) is 5.07. The van der Waals surface area contributed by atoms with Crippen LogP contribution in [0.4, 0.5) is 0 Å². The summed E-state index contributed by atoms with van der Waals surface area (Å²) in [5.74, 6) is -0.663. The molecule has 0 aromatic carbocycles. The van der Waals surface area contributed by atoms with Crippen LogP contribution in [0.15, 0.2) is 0 Å². The van der Waals surface area contributed by atoms with E-state index in [1.54, 1.807) is 0 Å². The van der Waals surface area contributed by atoms with Crippen molar-refractivity contribution in [2.45, 2.75) is 26.3 Å². The van der Waals surface area contributed by atoms with E-state index in [-0.39, 0.29) is 30.9 Å². The molecule has 2 N–H and O–H groups in total. The molecule has 0 fully saturated rings. The highest BCUT2D eigenvalue weighted by molar-refractivity contribution is 5.76. The topological polar surface area (TPSA) is 72.6 Å². The maximum absolute atomic E-state index is 10.9. The van der Waals surface area contributed by atoms with Crippen molar-refractivity contribution in [1.82, 2.24) is 4.90 Å². The Morgan fingerprint density at radius 3 is 2.36 bits per heavy atom. The SMILES string of the molecule is COC(=O)CCN(CC(N)=O)C(C)C. The van der Waals surface area contributed by atoms with Crippen LogP contribution < -0.4 is 5.73 Å². The number of carbonyl (C=O) groups is 2. The van der Waals surface area contributed by atoms with Gasteiger partial charge in [-0.25, -0.2) is 0 Å². The van der Waals surface area contributed by atoms with Gasteiger partial charge in [-0.15, -0.1) is 0 Å². The average Bonchev–Trinajstić information content (AvgIpc) is 2.10. The highest BCUT2D eigenvalue weighted by atomic mass is 16.5. The predicted molar refractivity (Wildman–Crippen MR) is 52.5 cm³/mol. The van der Waals surface area contributed by atoms with Crippen molar-refractivity contribution in [1.29, 1.82) is 0 Å². The molecular formula is C9H18N2O3. The molecule has 0 bridgehead atoms. The number of amides is 1. The van der Waals surface area contributed by atoms with E-state index in [1.165, 1.54) is 7.11 Å². The first-order valence-corrected chi connectivity index (χ1v) is 4.56. The molecule has 0 aliphatic rings. The third kappa shape index (κ3) is 5.53. The number of nitrogens with two attached hydrogens (primary N) is 1. The highest BCUT2D eigenvalue weighted by Crippen LogP contribution is 1.99. The second-order valence-electron chi connectivity index (χ2n) is 3.36. The van der Waals surface area contributed by atoms with E-state index in [0.29, 0.717) is 6.54 Å². The summed E-state index contributed by atoms with van der Waals surface area (Å²) in [6.45, 7) is 4.56. The lowest BCUT2D eigenvalue weighted by Crippen LogP contribution is -2.39. The summed E-state index contributed by atoms with van der Waals surface area (Å²) in [6.07, 6.45) is 0.280. The first-order chi connectivity index (χ1) is 6.47. The molecule has 0 aromatic heterocycles. The average molecular weight is 202 g/mol. The normalized spacial score (nSPS) is 10.6. The van der Waals surface area contributed by atoms with E-state index in [4.69, 9.17) is 5.73 Å². The van der Waals surface area contributed by atoms with Crippen molar-refractivity contribution in [2.24, 2.45) is 5.73 Å². The second-order valence-corrected chi connectivity index (χ2v) is 3.36. The summed E-state index contributed by atoms with van der Waals surface area (Å²) in [4.78, 5) is 23.4. The van der Waals surface area contributed by atoms with Gasteiger partial charge in [-0.1, -0.05) is 0 Å². The van der Waals surface area contributed by atoms with Gasteiger partial charge in [0.1, 0.15) is 0 Å². The number of hydrogen-bond acceptors (Lipinski definition) is 4. The molecule has 0 unspecified atom stereocenters. The van der Waals surface area contributed by atoms with Crippen LogP contribution in [0.1, 0.15) is 20.3 Å². The Hall–Kier alpha value is -1.10. The van der Waals surface area contributed by atoms with Crippen LogP contribution in [0.25, 0.3) is 0 Å². The number of primary amides is 1. The van der Waals surface area contributed by atoms with E-state index in [0.717, 1.165) is 0 Å². The Kier molecular flexibility index (Phi) is 5.87. The van der Waals surface area contributed by atoms with Crippen molar-refractivity contribution < 1.29 is 14.3 Å². The van der Waals surface area contributed by atoms with Crippen LogP contribution in [0.3, 0.4) is 0 Å². The number of ether oxygens (including phenoxy) is 1. The van der Waals surface area contributed by atoms with E-state index >= 15 is 0 Å². The largest absolute Gasteiger partial charge is 0.469 e. The van der Waals surface area contributed by atoms with E-state index in [2.05, 4.69) is 4.74 Å². The maximum atomic E-state index is 10.9. The standard InChI is InChI=1S/C9H18N2O3/c1-7(2)11(6-8(10)12)5-4-9(13)14-3/h7H,4-6H2,1-3H3,(H2,10,12). The van der Waals surface area contributed by atoms with Gasteiger partial charge >= 0.3 is 5.97 Å². The fourth-order valence-electron chi connectivity index (χ4n) is 1.06. The molecular weight excluding hydrogens is 184 g/mol. The van der Waals surface area contributed by atoms with Crippen LogP contribution in [0.2, 0.25) is 0 Å². The Labute approximate surface area is 84.2 Å². The third-order valence-corrected chi connectivity index (χ3v) is 1.92.